The number of hydrogen-bond acceptors (Lipinski definition) is 8. The van der Waals surface area contributed by atoms with Crippen LogP contribution in [0.5, 0.6) is 17.2 Å². The molecule has 37 heavy (non-hydrogen) atoms. The van der Waals surface area contributed by atoms with E-state index in [2.05, 4.69) is 20.6 Å². The summed E-state index contributed by atoms with van der Waals surface area (Å²) < 4.78 is 36.3. The SMILES string of the molecule is COC1=NC(CNC(C)=O)=NC2C1NC(=O)N2c1cc(OCc2c(F)cccc2OC)c(OC)cc1Cl. The molecule has 2 unspecified atom stereocenters. The molecule has 3 amide bonds. The number of amides is 3. The fourth-order valence-corrected chi connectivity index (χ4v) is 4.21. The van der Waals surface area contributed by atoms with Gasteiger partial charge in [-0.05, 0) is 12.1 Å². The van der Waals surface area contributed by atoms with Crippen molar-refractivity contribution in [3.05, 3.63) is 46.7 Å². The van der Waals surface area contributed by atoms with Gasteiger partial charge in [-0.2, -0.15) is 4.99 Å². The fraction of sp³-hybridized carbons (Fsp3) is 0.333. The first-order chi connectivity index (χ1) is 17.8. The van der Waals surface area contributed by atoms with Gasteiger partial charge in [0.05, 0.1) is 44.1 Å². The van der Waals surface area contributed by atoms with Crippen molar-refractivity contribution in [1.82, 2.24) is 10.6 Å². The van der Waals surface area contributed by atoms with Crippen molar-refractivity contribution in [2.45, 2.75) is 25.7 Å². The van der Waals surface area contributed by atoms with Crippen molar-refractivity contribution >= 4 is 41.0 Å². The highest BCUT2D eigenvalue weighted by molar-refractivity contribution is 6.34. The summed E-state index contributed by atoms with van der Waals surface area (Å²) in [6.45, 7) is 1.24. The first-order valence-electron chi connectivity index (χ1n) is 11.1. The van der Waals surface area contributed by atoms with E-state index < -0.39 is 24.1 Å². The average Bonchev–Trinajstić information content (AvgIpc) is 3.21. The Labute approximate surface area is 217 Å². The van der Waals surface area contributed by atoms with E-state index in [-0.39, 0.29) is 58.6 Å². The van der Waals surface area contributed by atoms with E-state index in [1.165, 1.54) is 57.4 Å². The molecule has 0 aliphatic carbocycles. The van der Waals surface area contributed by atoms with Gasteiger partial charge in [0, 0.05) is 19.1 Å². The smallest absolute Gasteiger partial charge is 0.324 e. The number of carbonyl (C=O) groups excluding carboxylic acids is 2. The van der Waals surface area contributed by atoms with E-state index in [1.54, 1.807) is 6.07 Å². The first-order valence-corrected chi connectivity index (χ1v) is 11.5. The van der Waals surface area contributed by atoms with E-state index in [9.17, 15) is 14.0 Å². The Morgan fingerprint density at radius 3 is 2.59 bits per heavy atom. The maximum atomic E-state index is 14.4. The number of rotatable bonds is 8. The topological polar surface area (TPSA) is 123 Å². The lowest BCUT2D eigenvalue weighted by atomic mass is 10.1. The minimum Gasteiger partial charge on any atom is -0.496 e. The number of benzene rings is 2. The molecular weight excluding hydrogens is 509 g/mol. The van der Waals surface area contributed by atoms with Crippen molar-refractivity contribution in [1.29, 1.82) is 0 Å². The van der Waals surface area contributed by atoms with Gasteiger partial charge in [0.2, 0.25) is 11.8 Å². The predicted molar refractivity (Wildman–Crippen MR) is 134 cm³/mol. The van der Waals surface area contributed by atoms with Crippen LogP contribution in [0.3, 0.4) is 0 Å². The van der Waals surface area contributed by atoms with Crippen LogP contribution in [0.15, 0.2) is 40.3 Å². The van der Waals surface area contributed by atoms with Gasteiger partial charge >= 0.3 is 6.03 Å². The Morgan fingerprint density at radius 1 is 1.16 bits per heavy atom. The summed E-state index contributed by atoms with van der Waals surface area (Å²) in [6.07, 6.45) is -0.811. The molecule has 0 aromatic heterocycles. The van der Waals surface area contributed by atoms with Gasteiger partial charge in [-0.3, -0.25) is 9.69 Å². The minimum atomic E-state index is -0.811. The second-order valence-corrected chi connectivity index (χ2v) is 8.39. The van der Waals surface area contributed by atoms with Crippen molar-refractivity contribution in [3.8, 4) is 17.2 Å². The van der Waals surface area contributed by atoms with E-state index in [4.69, 9.17) is 30.5 Å². The molecule has 0 saturated carbocycles. The van der Waals surface area contributed by atoms with Crippen LogP contribution >= 0.6 is 11.6 Å². The normalized spacial score (nSPS) is 18.3. The third kappa shape index (κ3) is 5.24. The van der Waals surface area contributed by atoms with Gasteiger partial charge in [-0.15, -0.1) is 0 Å². The molecule has 0 bridgehead atoms. The van der Waals surface area contributed by atoms with Crippen LogP contribution in [-0.2, 0) is 16.1 Å². The number of aliphatic imine (C=N–C) groups is 2. The highest BCUT2D eigenvalue weighted by Crippen LogP contribution is 2.41. The maximum absolute atomic E-state index is 14.4. The van der Waals surface area contributed by atoms with Gasteiger partial charge in [0.15, 0.2) is 17.7 Å². The number of ether oxygens (including phenoxy) is 4. The van der Waals surface area contributed by atoms with Crippen LogP contribution < -0.4 is 29.7 Å². The average molecular weight is 534 g/mol. The van der Waals surface area contributed by atoms with Gasteiger partial charge in [-0.25, -0.2) is 14.2 Å². The summed E-state index contributed by atoms with van der Waals surface area (Å²) in [5, 5.41) is 5.60. The monoisotopic (exact) mass is 533 g/mol. The summed E-state index contributed by atoms with van der Waals surface area (Å²) in [4.78, 5) is 34.6. The zero-order chi connectivity index (χ0) is 26.7. The molecular formula is C24H25ClFN5O6. The highest BCUT2D eigenvalue weighted by atomic mass is 35.5. The number of amidine groups is 1. The predicted octanol–water partition coefficient (Wildman–Crippen LogP) is 2.89. The van der Waals surface area contributed by atoms with Crippen molar-refractivity contribution in [2.24, 2.45) is 9.98 Å². The Bertz CT molecular complexity index is 1290. The molecule has 0 spiro atoms. The molecule has 2 heterocycles. The Hall–Kier alpha value is -4.06. The Kier molecular flexibility index (Phi) is 7.67. The molecule has 13 heteroatoms. The van der Waals surface area contributed by atoms with E-state index in [0.29, 0.717) is 5.75 Å². The summed E-state index contributed by atoms with van der Waals surface area (Å²) >= 11 is 6.55. The van der Waals surface area contributed by atoms with Crippen molar-refractivity contribution in [3.63, 3.8) is 0 Å². The molecule has 2 aromatic carbocycles. The number of anilines is 1. The van der Waals surface area contributed by atoms with Gasteiger partial charge < -0.3 is 29.6 Å². The third-order valence-electron chi connectivity index (χ3n) is 5.71. The van der Waals surface area contributed by atoms with E-state index >= 15 is 0 Å². The highest BCUT2D eigenvalue weighted by Gasteiger charge is 2.47. The van der Waals surface area contributed by atoms with E-state index in [0.717, 1.165) is 0 Å². The summed E-state index contributed by atoms with van der Waals surface area (Å²) in [6, 6.07) is 6.26. The lowest BCUT2D eigenvalue weighted by molar-refractivity contribution is -0.118. The maximum Gasteiger partial charge on any atom is 0.324 e. The summed E-state index contributed by atoms with van der Waals surface area (Å²) in [7, 11) is 4.29. The number of carbonyl (C=O) groups is 2. The molecule has 11 nitrogen and oxygen atoms in total. The van der Waals surface area contributed by atoms with Crippen LogP contribution in [0.2, 0.25) is 5.02 Å². The lowest BCUT2D eigenvalue weighted by Crippen LogP contribution is -2.46. The number of methoxy groups -OCH3 is 3. The second kappa shape index (κ2) is 10.9. The molecule has 2 aromatic rings. The number of halogens is 2. The van der Waals surface area contributed by atoms with Gasteiger partial charge in [0.25, 0.3) is 0 Å². The minimum absolute atomic E-state index is 0.0443. The van der Waals surface area contributed by atoms with Crippen LogP contribution in [-0.4, -0.2) is 63.8 Å². The summed E-state index contributed by atoms with van der Waals surface area (Å²) in [5.74, 6) is 0.545. The first kappa shape index (κ1) is 26.0. The van der Waals surface area contributed by atoms with Crippen LogP contribution in [0, 0.1) is 5.82 Å². The quantitative estimate of drug-likeness (QED) is 0.538. The Balaban J connectivity index is 1.69. The molecule has 2 aliphatic heterocycles. The fourth-order valence-electron chi connectivity index (χ4n) is 3.96. The molecule has 0 radical (unpaired) electrons. The number of nitrogens with one attached hydrogen (secondary N) is 2. The standard InChI is InChI=1S/C24H25ClFN5O6/c1-12(32)27-10-20-28-22-21(23(29-20)36-4)30-24(33)31(22)16-9-19(18(35-3)8-14(16)25)37-11-13-15(26)6-5-7-17(13)34-2/h5-9,21-22H,10-11H2,1-4H3,(H,27,32)(H,30,33). The summed E-state index contributed by atoms with van der Waals surface area (Å²) in [5.41, 5.74) is 0.478. The largest absolute Gasteiger partial charge is 0.496 e. The zero-order valence-corrected chi connectivity index (χ0v) is 21.3. The van der Waals surface area contributed by atoms with Crippen LogP contribution in [0.1, 0.15) is 12.5 Å². The Morgan fingerprint density at radius 2 is 1.92 bits per heavy atom. The zero-order valence-electron chi connectivity index (χ0n) is 20.5. The molecule has 1 fully saturated rings. The van der Waals surface area contributed by atoms with Gasteiger partial charge in [0.1, 0.15) is 30.1 Å². The van der Waals surface area contributed by atoms with Crippen LogP contribution in [0.4, 0.5) is 14.9 Å². The van der Waals surface area contributed by atoms with Crippen molar-refractivity contribution < 1.29 is 32.9 Å². The third-order valence-corrected chi connectivity index (χ3v) is 6.01. The van der Waals surface area contributed by atoms with Crippen molar-refractivity contribution in [2.75, 3.05) is 32.8 Å². The molecule has 4 rings (SSSR count). The van der Waals surface area contributed by atoms with E-state index in [1.807, 2.05) is 0 Å². The number of nitrogens with zero attached hydrogens (tertiary/aromatic N) is 3. The molecule has 2 atom stereocenters. The van der Waals surface area contributed by atoms with Gasteiger partial charge in [-0.1, -0.05) is 17.7 Å². The molecule has 2 N–H and O–H groups in total. The van der Waals surface area contributed by atoms with Crippen LogP contribution in [0.25, 0.3) is 0 Å². The number of hydrogen-bond donors (Lipinski definition) is 2. The second-order valence-electron chi connectivity index (χ2n) is 7.98. The molecule has 2 aliphatic rings. The molecule has 1 saturated heterocycles. The molecule has 196 valence electrons. The number of fused-ring (bicyclic) bond motifs is 1. The lowest BCUT2D eigenvalue weighted by Gasteiger charge is -2.28. The number of urea groups is 1.